The summed E-state index contributed by atoms with van der Waals surface area (Å²) in [5, 5.41) is 2.87. The summed E-state index contributed by atoms with van der Waals surface area (Å²) < 4.78 is 11.1. The second-order valence-corrected chi connectivity index (χ2v) is 16.3. The van der Waals surface area contributed by atoms with Gasteiger partial charge in [0.25, 0.3) is 0 Å². The minimum absolute atomic E-state index is 0.0480. The second-order valence-electron chi connectivity index (χ2n) is 16.3. The van der Waals surface area contributed by atoms with Crippen LogP contribution in [0.3, 0.4) is 0 Å². The molecule has 0 radical (unpaired) electrons. The first-order chi connectivity index (χ1) is 27.0. The largest absolute Gasteiger partial charge is 0.463 e. The summed E-state index contributed by atoms with van der Waals surface area (Å²) in [6.07, 6.45) is 39.3. The number of esters is 2. The van der Waals surface area contributed by atoms with Crippen LogP contribution < -0.4 is 11.1 Å². The molecule has 1 rings (SSSR count). The second kappa shape index (κ2) is 38.5. The van der Waals surface area contributed by atoms with Crippen LogP contribution in [0.5, 0.6) is 0 Å². The molecule has 3 N–H and O–H groups in total. The minimum Gasteiger partial charge on any atom is -0.463 e. The van der Waals surface area contributed by atoms with E-state index in [0.29, 0.717) is 19.3 Å². The predicted molar refractivity (Wildman–Crippen MR) is 231 cm³/mol. The van der Waals surface area contributed by atoms with Crippen molar-refractivity contribution in [3.63, 3.8) is 0 Å². The van der Waals surface area contributed by atoms with E-state index in [1.165, 1.54) is 154 Å². The molecule has 7 heteroatoms. The molecule has 1 unspecified atom stereocenters. The van der Waals surface area contributed by atoms with E-state index in [9.17, 15) is 14.4 Å². The molecule has 0 saturated heterocycles. The lowest BCUT2D eigenvalue weighted by Gasteiger charge is -2.21. The Morgan fingerprint density at radius 2 is 0.800 bits per heavy atom. The lowest BCUT2D eigenvalue weighted by molar-refractivity contribution is -0.149. The zero-order valence-electron chi connectivity index (χ0n) is 35.9. The van der Waals surface area contributed by atoms with Gasteiger partial charge in [-0.15, -0.1) is 0 Å². The summed E-state index contributed by atoms with van der Waals surface area (Å²) >= 11 is 0. The van der Waals surface area contributed by atoms with Crippen LogP contribution in [-0.4, -0.2) is 43.1 Å². The standard InChI is InChI=1S/C48H86N2O5/c1-3-5-7-9-11-13-15-17-19-21-23-25-27-29-34-38-46(51)54-41-44(50-48(53)45(49)40-43-36-32-31-33-37-43)42-55-47(52)39-35-30-28-26-24-22-20-18-16-14-12-10-8-6-4-2/h31-33,36-37,44-45H,3-30,34-35,38-42,49H2,1-2H3,(H,50,53). The maximum absolute atomic E-state index is 13.0. The Labute approximate surface area is 338 Å². The van der Waals surface area contributed by atoms with Crippen LogP contribution in [0.2, 0.25) is 0 Å². The Bertz CT molecular complexity index is 969. The maximum atomic E-state index is 13.0. The smallest absolute Gasteiger partial charge is 0.305 e. The predicted octanol–water partition coefficient (Wildman–Crippen LogP) is 12.7. The first-order valence-electron chi connectivity index (χ1n) is 23.4. The number of carbonyl (C=O) groups excluding carboxylic acids is 3. The third kappa shape index (κ3) is 33.4. The molecule has 55 heavy (non-hydrogen) atoms. The summed E-state index contributed by atoms with van der Waals surface area (Å²) in [5.74, 6) is -0.927. The van der Waals surface area contributed by atoms with Crippen molar-refractivity contribution in [1.29, 1.82) is 0 Å². The minimum atomic E-state index is -0.767. The number of hydrogen-bond donors (Lipinski definition) is 2. The van der Waals surface area contributed by atoms with E-state index in [1.807, 2.05) is 30.3 Å². The van der Waals surface area contributed by atoms with Crippen molar-refractivity contribution in [2.75, 3.05) is 13.2 Å². The lowest BCUT2D eigenvalue weighted by Crippen LogP contribution is -2.50. The number of benzene rings is 1. The lowest BCUT2D eigenvalue weighted by atomic mass is 10.0. The van der Waals surface area contributed by atoms with Crippen LogP contribution in [0.4, 0.5) is 0 Å². The van der Waals surface area contributed by atoms with Crippen molar-refractivity contribution in [3.8, 4) is 0 Å². The van der Waals surface area contributed by atoms with Crippen molar-refractivity contribution in [2.45, 2.75) is 238 Å². The fraction of sp³-hybridized carbons (Fsp3) is 0.812. The Hall–Kier alpha value is -2.41. The molecule has 0 spiro atoms. The number of carbonyl (C=O) groups is 3. The molecular formula is C48H86N2O5. The van der Waals surface area contributed by atoms with Crippen LogP contribution in [0.15, 0.2) is 30.3 Å². The third-order valence-electron chi connectivity index (χ3n) is 10.8. The zero-order valence-corrected chi connectivity index (χ0v) is 35.9. The van der Waals surface area contributed by atoms with Gasteiger partial charge in [-0.2, -0.15) is 0 Å². The molecule has 1 aromatic rings. The van der Waals surface area contributed by atoms with Crippen LogP contribution >= 0.6 is 0 Å². The molecule has 0 bridgehead atoms. The van der Waals surface area contributed by atoms with Crippen LogP contribution in [-0.2, 0) is 30.3 Å². The van der Waals surface area contributed by atoms with Gasteiger partial charge in [-0.1, -0.05) is 224 Å². The van der Waals surface area contributed by atoms with E-state index in [4.69, 9.17) is 15.2 Å². The Kier molecular flexibility index (Phi) is 35.4. The molecule has 0 fully saturated rings. The third-order valence-corrected chi connectivity index (χ3v) is 10.8. The zero-order chi connectivity index (χ0) is 39.9. The van der Waals surface area contributed by atoms with E-state index in [0.717, 1.165) is 44.1 Å². The molecule has 0 aliphatic carbocycles. The normalized spacial score (nSPS) is 11.9. The number of nitrogens with two attached hydrogens (primary N) is 1. The number of amides is 1. The molecular weight excluding hydrogens is 685 g/mol. The summed E-state index contributed by atoms with van der Waals surface area (Å²) in [4.78, 5) is 38.1. The van der Waals surface area contributed by atoms with Gasteiger partial charge in [-0.25, -0.2) is 0 Å². The van der Waals surface area contributed by atoms with Gasteiger partial charge in [0.05, 0.1) is 12.1 Å². The highest BCUT2D eigenvalue weighted by atomic mass is 16.5. The molecule has 0 aliphatic rings. The van der Waals surface area contributed by atoms with Gasteiger partial charge < -0.3 is 20.5 Å². The molecule has 1 aromatic carbocycles. The summed E-state index contributed by atoms with van der Waals surface area (Å²) in [6.45, 7) is 4.44. The fourth-order valence-electron chi connectivity index (χ4n) is 7.21. The van der Waals surface area contributed by atoms with Gasteiger partial charge in [-0.05, 0) is 24.8 Å². The van der Waals surface area contributed by atoms with Gasteiger partial charge in [0, 0.05) is 12.8 Å². The highest BCUT2D eigenvalue weighted by Crippen LogP contribution is 2.16. The molecule has 0 saturated carbocycles. The number of rotatable bonds is 40. The number of ether oxygens (including phenoxy) is 2. The Morgan fingerprint density at radius 3 is 1.13 bits per heavy atom. The topological polar surface area (TPSA) is 108 Å². The van der Waals surface area contributed by atoms with E-state index in [2.05, 4.69) is 19.2 Å². The highest BCUT2D eigenvalue weighted by Gasteiger charge is 2.21. The van der Waals surface area contributed by atoms with Crippen molar-refractivity contribution >= 4 is 17.8 Å². The summed E-state index contributed by atoms with van der Waals surface area (Å²) in [5.41, 5.74) is 7.19. The van der Waals surface area contributed by atoms with Gasteiger partial charge in [0.1, 0.15) is 13.2 Å². The molecule has 318 valence electrons. The summed E-state index contributed by atoms with van der Waals surface area (Å²) in [6, 6.07) is 8.21. The average molecular weight is 771 g/mol. The van der Waals surface area contributed by atoms with Crippen molar-refractivity contribution in [2.24, 2.45) is 5.73 Å². The average Bonchev–Trinajstić information content (AvgIpc) is 3.19. The number of unbranched alkanes of at least 4 members (excludes halogenated alkanes) is 28. The van der Waals surface area contributed by atoms with Crippen molar-refractivity contribution < 1.29 is 23.9 Å². The van der Waals surface area contributed by atoms with E-state index in [-0.39, 0.29) is 31.1 Å². The van der Waals surface area contributed by atoms with Gasteiger partial charge in [0.2, 0.25) is 5.91 Å². The van der Waals surface area contributed by atoms with E-state index in [1.54, 1.807) is 0 Å². The van der Waals surface area contributed by atoms with E-state index >= 15 is 0 Å². The quantitative estimate of drug-likeness (QED) is 0.0508. The fourth-order valence-corrected chi connectivity index (χ4v) is 7.21. The van der Waals surface area contributed by atoms with Crippen LogP contribution in [0.25, 0.3) is 0 Å². The molecule has 0 aromatic heterocycles. The Morgan fingerprint density at radius 1 is 0.491 bits per heavy atom. The van der Waals surface area contributed by atoms with Gasteiger partial charge in [0.15, 0.2) is 0 Å². The SMILES string of the molecule is CCCCCCCCCCCCCCCCCC(=O)OCC(COC(=O)CCCCCCCCCCCCCCCCC)NC(=O)C(N)Cc1ccccc1. The van der Waals surface area contributed by atoms with Crippen LogP contribution in [0, 0.1) is 0 Å². The summed E-state index contributed by atoms with van der Waals surface area (Å²) in [7, 11) is 0. The van der Waals surface area contributed by atoms with Gasteiger partial charge >= 0.3 is 11.9 Å². The Balaban J connectivity index is 2.25. The van der Waals surface area contributed by atoms with Crippen LogP contribution in [0.1, 0.15) is 225 Å². The monoisotopic (exact) mass is 771 g/mol. The first-order valence-corrected chi connectivity index (χ1v) is 23.4. The molecule has 0 aliphatic heterocycles. The molecule has 1 amide bonds. The molecule has 7 nitrogen and oxygen atoms in total. The van der Waals surface area contributed by atoms with Crippen molar-refractivity contribution in [1.82, 2.24) is 5.32 Å². The number of hydrogen-bond acceptors (Lipinski definition) is 6. The van der Waals surface area contributed by atoms with Crippen molar-refractivity contribution in [3.05, 3.63) is 35.9 Å². The van der Waals surface area contributed by atoms with Gasteiger partial charge in [-0.3, -0.25) is 14.4 Å². The number of nitrogens with one attached hydrogen (secondary N) is 1. The molecule has 0 heterocycles. The molecule has 1 atom stereocenters. The van der Waals surface area contributed by atoms with E-state index < -0.39 is 12.1 Å². The highest BCUT2D eigenvalue weighted by molar-refractivity contribution is 5.82. The first kappa shape index (κ1) is 50.6. The maximum Gasteiger partial charge on any atom is 0.305 e.